The van der Waals surface area contributed by atoms with Crippen molar-refractivity contribution in [1.29, 1.82) is 0 Å². The van der Waals surface area contributed by atoms with Crippen LogP contribution in [0, 0.1) is 6.92 Å². The molecule has 0 aliphatic rings. The van der Waals surface area contributed by atoms with E-state index in [1.54, 1.807) is 67.3 Å². The Bertz CT molecular complexity index is 1340. The van der Waals surface area contributed by atoms with Crippen LogP contribution < -0.4 is 14.8 Å². The minimum atomic E-state index is -0.168. The molecule has 174 valence electrons. The highest BCUT2D eigenvalue weighted by atomic mass is 35.5. The summed E-state index contributed by atoms with van der Waals surface area (Å²) in [5.74, 6) is 1.09. The highest BCUT2D eigenvalue weighted by molar-refractivity contribution is 6.30. The van der Waals surface area contributed by atoms with E-state index in [1.807, 2.05) is 25.1 Å². The number of carbonyl (C=O) groups excluding carboxylic acids is 2. The van der Waals surface area contributed by atoms with Gasteiger partial charge in [0.05, 0.1) is 19.7 Å². The van der Waals surface area contributed by atoms with Gasteiger partial charge in [0.15, 0.2) is 0 Å². The van der Waals surface area contributed by atoms with Crippen LogP contribution in [0.2, 0.25) is 5.02 Å². The fourth-order valence-electron chi connectivity index (χ4n) is 4.03. The predicted octanol–water partition coefficient (Wildman–Crippen LogP) is 5.28. The molecule has 0 saturated carbocycles. The topological polar surface area (TPSA) is 69.6 Å². The molecule has 0 saturated heterocycles. The van der Waals surface area contributed by atoms with Crippen molar-refractivity contribution >= 4 is 34.3 Å². The summed E-state index contributed by atoms with van der Waals surface area (Å²) in [5, 5.41) is 4.45. The number of methoxy groups -OCH3 is 2. The molecule has 3 aromatic carbocycles. The third kappa shape index (κ3) is 4.63. The van der Waals surface area contributed by atoms with Gasteiger partial charge in [-0.25, -0.2) is 0 Å². The molecule has 0 atom stereocenters. The Kier molecular flexibility index (Phi) is 6.89. The van der Waals surface area contributed by atoms with Crippen molar-refractivity contribution in [3.63, 3.8) is 0 Å². The molecule has 0 spiro atoms. The van der Waals surface area contributed by atoms with E-state index in [1.165, 1.54) is 0 Å². The number of ether oxygens (including phenoxy) is 2. The van der Waals surface area contributed by atoms with Gasteiger partial charge in [-0.3, -0.25) is 14.2 Å². The number of halogens is 1. The maximum atomic E-state index is 13.4. The Morgan fingerprint density at radius 1 is 0.882 bits per heavy atom. The minimum Gasteiger partial charge on any atom is -0.497 e. The van der Waals surface area contributed by atoms with Crippen molar-refractivity contribution in [3.8, 4) is 11.5 Å². The normalized spacial score (nSPS) is 10.8. The predicted molar refractivity (Wildman–Crippen MR) is 133 cm³/mol. The molecule has 0 bridgehead atoms. The van der Waals surface area contributed by atoms with Gasteiger partial charge in [-0.1, -0.05) is 11.6 Å². The molecule has 4 rings (SSSR count). The van der Waals surface area contributed by atoms with Crippen LogP contribution in [0.15, 0.2) is 66.7 Å². The summed E-state index contributed by atoms with van der Waals surface area (Å²) < 4.78 is 12.3. The number of carbonyl (C=O) groups is 2. The first-order valence-corrected chi connectivity index (χ1v) is 11.2. The van der Waals surface area contributed by atoms with E-state index < -0.39 is 0 Å². The molecule has 4 aromatic rings. The summed E-state index contributed by atoms with van der Waals surface area (Å²) in [6, 6.07) is 19.4. The van der Waals surface area contributed by atoms with Crippen molar-refractivity contribution in [2.45, 2.75) is 13.3 Å². The Morgan fingerprint density at radius 3 is 2.15 bits per heavy atom. The highest BCUT2D eigenvalue weighted by Gasteiger charge is 2.20. The number of nitrogens with one attached hydrogen (secondary N) is 1. The minimum absolute atomic E-state index is 0.141. The molecule has 0 radical (unpaired) electrons. The van der Waals surface area contributed by atoms with Crippen LogP contribution in [0.4, 0.5) is 0 Å². The van der Waals surface area contributed by atoms with Gasteiger partial charge in [0.1, 0.15) is 11.5 Å². The van der Waals surface area contributed by atoms with Crippen LogP contribution >= 0.6 is 11.6 Å². The largest absolute Gasteiger partial charge is 0.497 e. The summed E-state index contributed by atoms with van der Waals surface area (Å²) >= 11 is 6.00. The summed E-state index contributed by atoms with van der Waals surface area (Å²) in [7, 11) is 3.19. The van der Waals surface area contributed by atoms with Gasteiger partial charge < -0.3 is 14.8 Å². The zero-order chi connectivity index (χ0) is 24.2. The molecule has 6 nitrogen and oxygen atoms in total. The molecular weight excluding hydrogens is 452 g/mol. The molecule has 1 aromatic heterocycles. The molecule has 1 amide bonds. The fourth-order valence-corrected chi connectivity index (χ4v) is 4.16. The van der Waals surface area contributed by atoms with Gasteiger partial charge in [-0.05, 0) is 85.6 Å². The van der Waals surface area contributed by atoms with Gasteiger partial charge in [0, 0.05) is 33.8 Å². The maximum absolute atomic E-state index is 13.4. The quantitative estimate of drug-likeness (QED) is 0.394. The second kappa shape index (κ2) is 10.0. The Morgan fingerprint density at radius 2 is 1.50 bits per heavy atom. The first-order chi connectivity index (χ1) is 16.4. The van der Waals surface area contributed by atoms with Crippen LogP contribution in [-0.4, -0.2) is 37.1 Å². The molecule has 7 heteroatoms. The molecular formula is C27H25ClN2O4. The molecule has 0 aliphatic heterocycles. The lowest BCUT2D eigenvalue weighted by Crippen LogP contribution is -2.25. The summed E-state index contributed by atoms with van der Waals surface area (Å²) in [5.41, 5.74) is 3.68. The molecule has 34 heavy (non-hydrogen) atoms. The average Bonchev–Trinajstić information content (AvgIpc) is 3.14. The second-order valence-corrected chi connectivity index (χ2v) is 8.27. The zero-order valence-corrected chi connectivity index (χ0v) is 20.0. The standard InChI is InChI=1S/C27H25ClN2O4/c1-17-23(14-15-29-26(31)18-6-10-21(33-2)11-7-18)24-16-22(34-3)12-13-25(24)30(17)27(32)19-4-8-20(28)9-5-19/h4-13,16H,14-15H2,1-3H3,(H,29,31). The van der Waals surface area contributed by atoms with Crippen LogP contribution in [0.25, 0.3) is 10.9 Å². The van der Waals surface area contributed by atoms with Gasteiger partial charge in [0.25, 0.3) is 11.8 Å². The lowest BCUT2D eigenvalue weighted by molar-refractivity contribution is 0.0948. The molecule has 0 unspecified atom stereocenters. The third-order valence-electron chi connectivity index (χ3n) is 5.85. The van der Waals surface area contributed by atoms with Gasteiger partial charge >= 0.3 is 0 Å². The van der Waals surface area contributed by atoms with Crippen molar-refractivity contribution < 1.29 is 19.1 Å². The van der Waals surface area contributed by atoms with Crippen molar-refractivity contribution in [2.75, 3.05) is 20.8 Å². The van der Waals surface area contributed by atoms with Crippen molar-refractivity contribution in [1.82, 2.24) is 9.88 Å². The summed E-state index contributed by atoms with van der Waals surface area (Å²) in [6.45, 7) is 2.33. The number of fused-ring (bicyclic) bond motifs is 1. The van der Waals surface area contributed by atoms with Gasteiger partial charge in [-0.2, -0.15) is 0 Å². The van der Waals surface area contributed by atoms with Gasteiger partial charge in [0.2, 0.25) is 0 Å². The van der Waals surface area contributed by atoms with Crippen LogP contribution in [0.3, 0.4) is 0 Å². The SMILES string of the molecule is COc1ccc(C(=O)NCCc2c(C)n(C(=O)c3ccc(Cl)cc3)c3ccc(OC)cc23)cc1. The smallest absolute Gasteiger partial charge is 0.262 e. The number of hydrogen-bond donors (Lipinski definition) is 1. The number of nitrogens with zero attached hydrogens (tertiary/aromatic N) is 1. The van der Waals surface area contributed by atoms with E-state index in [-0.39, 0.29) is 11.8 Å². The molecule has 1 N–H and O–H groups in total. The molecule has 1 heterocycles. The zero-order valence-electron chi connectivity index (χ0n) is 19.2. The first kappa shape index (κ1) is 23.4. The summed E-state index contributed by atoms with van der Waals surface area (Å²) in [4.78, 5) is 26.0. The molecule has 0 fully saturated rings. The van der Waals surface area contributed by atoms with E-state index in [0.717, 1.165) is 22.2 Å². The lowest BCUT2D eigenvalue weighted by atomic mass is 10.1. The van der Waals surface area contributed by atoms with E-state index in [0.29, 0.717) is 40.6 Å². The lowest BCUT2D eigenvalue weighted by Gasteiger charge is -2.09. The first-order valence-electron chi connectivity index (χ1n) is 10.8. The average molecular weight is 477 g/mol. The number of amides is 1. The number of benzene rings is 3. The van der Waals surface area contributed by atoms with E-state index in [9.17, 15) is 9.59 Å². The highest BCUT2D eigenvalue weighted by Crippen LogP contribution is 2.30. The molecule has 0 aliphatic carbocycles. The number of hydrogen-bond acceptors (Lipinski definition) is 4. The Balaban J connectivity index is 1.62. The van der Waals surface area contributed by atoms with Crippen LogP contribution in [-0.2, 0) is 6.42 Å². The van der Waals surface area contributed by atoms with E-state index in [4.69, 9.17) is 21.1 Å². The maximum Gasteiger partial charge on any atom is 0.262 e. The van der Waals surface area contributed by atoms with Crippen LogP contribution in [0.5, 0.6) is 11.5 Å². The van der Waals surface area contributed by atoms with Crippen LogP contribution in [0.1, 0.15) is 32.0 Å². The Hall–Kier alpha value is -3.77. The monoisotopic (exact) mass is 476 g/mol. The Labute approximate surface area is 203 Å². The van der Waals surface area contributed by atoms with E-state index >= 15 is 0 Å². The second-order valence-electron chi connectivity index (χ2n) is 7.83. The third-order valence-corrected chi connectivity index (χ3v) is 6.10. The van der Waals surface area contributed by atoms with Crippen molar-refractivity contribution in [2.24, 2.45) is 0 Å². The number of aromatic nitrogens is 1. The van der Waals surface area contributed by atoms with Crippen molar-refractivity contribution in [3.05, 3.63) is 94.1 Å². The summed E-state index contributed by atoms with van der Waals surface area (Å²) in [6.07, 6.45) is 0.554. The van der Waals surface area contributed by atoms with Gasteiger partial charge in [-0.15, -0.1) is 0 Å². The van der Waals surface area contributed by atoms with E-state index in [2.05, 4.69) is 5.32 Å². The fraction of sp³-hybridized carbons (Fsp3) is 0.185. The number of rotatable bonds is 7.